The Morgan fingerprint density at radius 2 is 1.93 bits per heavy atom. The van der Waals surface area contributed by atoms with Gasteiger partial charge in [0.25, 0.3) is 0 Å². The molecule has 0 spiro atoms. The van der Waals surface area contributed by atoms with Crippen LogP contribution in [0.5, 0.6) is 0 Å². The molecule has 0 amide bonds. The third-order valence-electron chi connectivity index (χ3n) is 2.19. The SMILES string of the molecule is COC(=O)c1ccc(SC)c(C)c1SC. The van der Waals surface area contributed by atoms with Gasteiger partial charge in [-0.3, -0.25) is 0 Å². The van der Waals surface area contributed by atoms with Crippen LogP contribution in [-0.2, 0) is 4.74 Å². The van der Waals surface area contributed by atoms with E-state index in [1.807, 2.05) is 31.6 Å². The van der Waals surface area contributed by atoms with E-state index in [1.165, 1.54) is 12.0 Å². The van der Waals surface area contributed by atoms with Crippen LogP contribution in [0.2, 0.25) is 0 Å². The fourth-order valence-corrected chi connectivity index (χ4v) is 2.89. The van der Waals surface area contributed by atoms with Crippen molar-refractivity contribution in [2.24, 2.45) is 0 Å². The second-order valence-corrected chi connectivity index (χ2v) is 4.63. The molecule has 0 bridgehead atoms. The number of benzene rings is 1. The van der Waals surface area contributed by atoms with Gasteiger partial charge in [0.05, 0.1) is 12.7 Å². The van der Waals surface area contributed by atoms with Crippen LogP contribution in [0, 0.1) is 6.92 Å². The fourth-order valence-electron chi connectivity index (χ4n) is 1.43. The standard InChI is InChI=1S/C11H14O2S2/c1-7-9(14-3)6-5-8(10(7)15-4)11(12)13-2/h5-6H,1-4H3. The van der Waals surface area contributed by atoms with Crippen LogP contribution in [0.1, 0.15) is 15.9 Å². The number of methoxy groups -OCH3 is 1. The Labute approximate surface area is 98.8 Å². The highest BCUT2D eigenvalue weighted by molar-refractivity contribution is 7.99. The Bertz CT molecular complexity index is 375. The molecule has 0 aliphatic carbocycles. The van der Waals surface area contributed by atoms with Crippen molar-refractivity contribution >= 4 is 29.5 Å². The minimum absolute atomic E-state index is 0.268. The first-order valence-corrected chi connectivity index (χ1v) is 6.90. The smallest absolute Gasteiger partial charge is 0.339 e. The van der Waals surface area contributed by atoms with E-state index in [0.29, 0.717) is 5.56 Å². The number of hydrogen-bond acceptors (Lipinski definition) is 4. The minimum atomic E-state index is -0.268. The molecular weight excluding hydrogens is 228 g/mol. The van der Waals surface area contributed by atoms with Crippen molar-refractivity contribution in [2.45, 2.75) is 16.7 Å². The van der Waals surface area contributed by atoms with Gasteiger partial charge in [0, 0.05) is 9.79 Å². The van der Waals surface area contributed by atoms with E-state index >= 15 is 0 Å². The average Bonchev–Trinajstić information content (AvgIpc) is 2.27. The van der Waals surface area contributed by atoms with Gasteiger partial charge in [0.1, 0.15) is 0 Å². The van der Waals surface area contributed by atoms with E-state index in [4.69, 9.17) is 4.74 Å². The zero-order valence-corrected chi connectivity index (χ0v) is 10.9. The van der Waals surface area contributed by atoms with Gasteiger partial charge in [0.2, 0.25) is 0 Å². The molecule has 0 atom stereocenters. The molecule has 0 heterocycles. The Balaban J connectivity index is 3.30. The predicted molar refractivity (Wildman–Crippen MR) is 66.1 cm³/mol. The number of rotatable bonds is 3. The topological polar surface area (TPSA) is 26.3 Å². The van der Waals surface area contributed by atoms with Gasteiger partial charge < -0.3 is 4.74 Å². The number of thioether (sulfide) groups is 2. The molecule has 0 saturated carbocycles. The third kappa shape index (κ3) is 2.49. The summed E-state index contributed by atoms with van der Waals surface area (Å²) >= 11 is 3.27. The highest BCUT2D eigenvalue weighted by atomic mass is 32.2. The third-order valence-corrected chi connectivity index (χ3v) is 4.00. The number of ether oxygens (including phenoxy) is 1. The minimum Gasteiger partial charge on any atom is -0.465 e. The molecule has 4 heteroatoms. The van der Waals surface area contributed by atoms with Crippen LogP contribution in [0.4, 0.5) is 0 Å². The summed E-state index contributed by atoms with van der Waals surface area (Å²) in [6, 6.07) is 3.79. The predicted octanol–water partition coefficient (Wildman–Crippen LogP) is 3.23. The molecule has 1 rings (SSSR count). The number of hydrogen-bond donors (Lipinski definition) is 0. The van der Waals surface area contributed by atoms with Crippen molar-refractivity contribution in [1.29, 1.82) is 0 Å². The van der Waals surface area contributed by atoms with Crippen molar-refractivity contribution < 1.29 is 9.53 Å². The number of carbonyl (C=O) groups is 1. The Morgan fingerprint density at radius 3 is 2.40 bits per heavy atom. The molecule has 82 valence electrons. The second kappa shape index (κ2) is 5.47. The molecule has 0 fully saturated rings. The molecule has 0 radical (unpaired) electrons. The lowest BCUT2D eigenvalue weighted by Crippen LogP contribution is -2.04. The maximum absolute atomic E-state index is 11.5. The molecule has 1 aromatic carbocycles. The molecule has 0 aromatic heterocycles. The summed E-state index contributed by atoms with van der Waals surface area (Å²) < 4.78 is 4.75. The first kappa shape index (κ1) is 12.5. The average molecular weight is 242 g/mol. The van der Waals surface area contributed by atoms with Gasteiger partial charge in [-0.2, -0.15) is 0 Å². The van der Waals surface area contributed by atoms with Crippen LogP contribution < -0.4 is 0 Å². The highest BCUT2D eigenvalue weighted by Gasteiger charge is 2.15. The van der Waals surface area contributed by atoms with Gasteiger partial charge in [0.15, 0.2) is 0 Å². The summed E-state index contributed by atoms with van der Waals surface area (Å²) in [5.74, 6) is -0.268. The quantitative estimate of drug-likeness (QED) is 0.600. The van der Waals surface area contributed by atoms with Gasteiger partial charge >= 0.3 is 5.97 Å². The van der Waals surface area contributed by atoms with E-state index < -0.39 is 0 Å². The van der Waals surface area contributed by atoms with Crippen LogP contribution in [0.3, 0.4) is 0 Å². The van der Waals surface area contributed by atoms with Crippen molar-refractivity contribution in [2.75, 3.05) is 19.6 Å². The van der Waals surface area contributed by atoms with Gasteiger partial charge in [-0.05, 0) is 37.1 Å². The lowest BCUT2D eigenvalue weighted by atomic mass is 10.1. The maximum atomic E-state index is 11.5. The van der Waals surface area contributed by atoms with E-state index in [9.17, 15) is 4.79 Å². The summed E-state index contributed by atoms with van der Waals surface area (Å²) in [7, 11) is 1.41. The first-order chi connectivity index (χ1) is 7.15. The molecule has 15 heavy (non-hydrogen) atoms. The van der Waals surface area contributed by atoms with Gasteiger partial charge in [-0.15, -0.1) is 23.5 Å². The summed E-state index contributed by atoms with van der Waals surface area (Å²) in [5, 5.41) is 0. The molecule has 0 unspecified atom stereocenters. The monoisotopic (exact) mass is 242 g/mol. The molecule has 2 nitrogen and oxygen atoms in total. The molecule has 0 aliphatic rings. The molecule has 1 aromatic rings. The molecule has 0 saturated heterocycles. The van der Waals surface area contributed by atoms with Crippen LogP contribution in [0.25, 0.3) is 0 Å². The normalized spacial score (nSPS) is 10.1. The van der Waals surface area contributed by atoms with Crippen LogP contribution in [-0.4, -0.2) is 25.6 Å². The van der Waals surface area contributed by atoms with E-state index in [2.05, 4.69) is 0 Å². The van der Waals surface area contributed by atoms with E-state index in [1.54, 1.807) is 23.5 Å². The van der Waals surface area contributed by atoms with Crippen molar-refractivity contribution in [1.82, 2.24) is 0 Å². The summed E-state index contributed by atoms with van der Waals surface area (Å²) in [6.45, 7) is 2.03. The van der Waals surface area contributed by atoms with Crippen LogP contribution >= 0.6 is 23.5 Å². The molecule has 0 N–H and O–H groups in total. The summed E-state index contributed by atoms with van der Waals surface area (Å²) in [4.78, 5) is 13.7. The van der Waals surface area contributed by atoms with Crippen molar-refractivity contribution in [3.63, 3.8) is 0 Å². The highest BCUT2D eigenvalue weighted by Crippen LogP contribution is 2.31. The lowest BCUT2D eigenvalue weighted by Gasteiger charge is -2.11. The Morgan fingerprint density at radius 1 is 1.27 bits per heavy atom. The van der Waals surface area contributed by atoms with E-state index in [0.717, 1.165) is 10.5 Å². The zero-order chi connectivity index (χ0) is 11.4. The first-order valence-electron chi connectivity index (χ1n) is 4.45. The maximum Gasteiger partial charge on any atom is 0.339 e. The van der Waals surface area contributed by atoms with E-state index in [-0.39, 0.29) is 5.97 Å². The summed E-state index contributed by atoms with van der Waals surface area (Å²) in [5.41, 5.74) is 1.80. The van der Waals surface area contributed by atoms with Gasteiger partial charge in [-0.1, -0.05) is 0 Å². The molecule has 0 aliphatic heterocycles. The zero-order valence-electron chi connectivity index (χ0n) is 9.29. The van der Waals surface area contributed by atoms with Crippen LogP contribution in [0.15, 0.2) is 21.9 Å². The second-order valence-electron chi connectivity index (χ2n) is 2.97. The van der Waals surface area contributed by atoms with Crippen molar-refractivity contribution in [3.05, 3.63) is 23.3 Å². The Hall–Kier alpha value is -0.610. The number of esters is 1. The molecular formula is C11H14O2S2. The lowest BCUT2D eigenvalue weighted by molar-refractivity contribution is 0.0596. The summed E-state index contributed by atoms with van der Waals surface area (Å²) in [6.07, 6.45) is 4.00. The Kier molecular flexibility index (Phi) is 4.54. The largest absolute Gasteiger partial charge is 0.465 e. The van der Waals surface area contributed by atoms with Crippen molar-refractivity contribution in [3.8, 4) is 0 Å². The number of carbonyl (C=O) groups excluding carboxylic acids is 1. The fraction of sp³-hybridized carbons (Fsp3) is 0.364. The van der Waals surface area contributed by atoms with Gasteiger partial charge in [-0.25, -0.2) is 4.79 Å².